The van der Waals surface area contributed by atoms with Gasteiger partial charge in [0.25, 0.3) is 0 Å². The van der Waals surface area contributed by atoms with Crippen molar-refractivity contribution < 1.29 is 13.5 Å². The van der Waals surface area contributed by atoms with Crippen LogP contribution in [0.15, 0.2) is 18.2 Å². The molecule has 0 radical (unpaired) electrons. The number of hydrogen-bond acceptors (Lipinski definition) is 4. The predicted octanol–water partition coefficient (Wildman–Crippen LogP) is 3.09. The Hall–Kier alpha value is -1.95. The summed E-state index contributed by atoms with van der Waals surface area (Å²) >= 11 is 5.63. The second-order valence-corrected chi connectivity index (χ2v) is 3.79. The summed E-state index contributed by atoms with van der Waals surface area (Å²) in [6, 6.07) is 3.53. The Labute approximate surface area is 106 Å². The summed E-state index contributed by atoms with van der Waals surface area (Å²) < 4.78 is 31.5. The first-order valence-corrected chi connectivity index (χ1v) is 5.28. The molecule has 1 aromatic heterocycles. The normalized spacial score (nSPS) is 10.4. The first kappa shape index (κ1) is 12.5. The number of anilines is 1. The minimum absolute atomic E-state index is 0.0893. The fourth-order valence-corrected chi connectivity index (χ4v) is 1.47. The third-order valence-electron chi connectivity index (χ3n) is 2.20. The highest BCUT2D eigenvalue weighted by Crippen LogP contribution is 2.30. The van der Waals surface area contributed by atoms with Crippen molar-refractivity contribution in [3.05, 3.63) is 40.8 Å². The van der Waals surface area contributed by atoms with Crippen LogP contribution in [0.5, 0.6) is 11.6 Å². The van der Waals surface area contributed by atoms with Gasteiger partial charge in [0.15, 0.2) is 11.6 Å². The Morgan fingerprint density at radius 1 is 1.28 bits per heavy atom. The highest BCUT2D eigenvalue weighted by molar-refractivity contribution is 6.28. The minimum Gasteiger partial charge on any atom is -0.434 e. The van der Waals surface area contributed by atoms with Gasteiger partial charge < -0.3 is 10.5 Å². The Balaban J connectivity index is 2.43. The molecule has 0 aliphatic rings. The molecule has 2 aromatic rings. The van der Waals surface area contributed by atoms with Crippen molar-refractivity contribution in [2.24, 2.45) is 0 Å². The summed E-state index contributed by atoms with van der Waals surface area (Å²) in [6.07, 6.45) is 0. The van der Waals surface area contributed by atoms with Crippen LogP contribution in [0.2, 0.25) is 5.28 Å². The second kappa shape index (κ2) is 4.73. The number of nitrogens with zero attached hydrogens (tertiary/aromatic N) is 2. The maximum Gasteiger partial charge on any atom is 0.247 e. The number of benzene rings is 1. The number of nitrogens with two attached hydrogens (primary N) is 1. The summed E-state index contributed by atoms with van der Waals surface area (Å²) in [6.45, 7) is 1.59. The molecule has 0 amide bonds. The van der Waals surface area contributed by atoms with Crippen molar-refractivity contribution >= 4 is 17.3 Å². The first-order chi connectivity index (χ1) is 8.49. The van der Waals surface area contributed by atoms with Gasteiger partial charge in [-0.3, -0.25) is 0 Å². The molecule has 0 spiro atoms. The average molecular weight is 272 g/mol. The van der Waals surface area contributed by atoms with Crippen LogP contribution < -0.4 is 10.5 Å². The molecule has 7 heteroatoms. The summed E-state index contributed by atoms with van der Waals surface area (Å²) in [4.78, 5) is 7.51. The Morgan fingerprint density at radius 2 is 2.00 bits per heavy atom. The highest BCUT2D eigenvalue weighted by Gasteiger charge is 2.14. The van der Waals surface area contributed by atoms with Gasteiger partial charge >= 0.3 is 0 Å². The third-order valence-corrected chi connectivity index (χ3v) is 2.37. The number of hydrogen-bond donors (Lipinski definition) is 1. The van der Waals surface area contributed by atoms with E-state index in [-0.39, 0.29) is 22.6 Å². The summed E-state index contributed by atoms with van der Waals surface area (Å²) in [5, 5.41) is -0.0893. The zero-order valence-electron chi connectivity index (χ0n) is 9.25. The number of ether oxygens (including phenoxy) is 1. The molecule has 1 aromatic carbocycles. The standard InChI is InChI=1S/C11H8ClF2N3O/c1-5-9(15)10(17-11(12)16-5)18-7-4-2-3-6(13)8(7)14/h2-4H,15H2,1H3. The Morgan fingerprint density at radius 3 is 2.72 bits per heavy atom. The average Bonchev–Trinajstić information content (AvgIpc) is 2.31. The summed E-state index contributed by atoms with van der Waals surface area (Å²) in [5.41, 5.74) is 6.17. The van der Waals surface area contributed by atoms with E-state index in [4.69, 9.17) is 22.1 Å². The lowest BCUT2D eigenvalue weighted by Crippen LogP contribution is -2.02. The van der Waals surface area contributed by atoms with E-state index in [1.165, 1.54) is 12.1 Å². The van der Waals surface area contributed by atoms with Crippen molar-refractivity contribution in [2.45, 2.75) is 6.92 Å². The number of nitrogen functional groups attached to an aromatic ring is 1. The van der Waals surface area contributed by atoms with E-state index in [0.29, 0.717) is 5.69 Å². The molecular weight excluding hydrogens is 264 g/mol. The van der Waals surface area contributed by atoms with Gasteiger partial charge in [-0.15, -0.1) is 0 Å². The lowest BCUT2D eigenvalue weighted by Gasteiger charge is -2.09. The Kier molecular flexibility index (Phi) is 3.29. The zero-order valence-corrected chi connectivity index (χ0v) is 10.0. The van der Waals surface area contributed by atoms with Gasteiger partial charge in [0.05, 0.1) is 5.69 Å². The molecule has 0 unspecified atom stereocenters. The van der Waals surface area contributed by atoms with Crippen molar-refractivity contribution in [3.8, 4) is 11.6 Å². The quantitative estimate of drug-likeness (QED) is 0.853. The van der Waals surface area contributed by atoms with E-state index in [0.717, 1.165) is 6.07 Å². The predicted molar refractivity (Wildman–Crippen MR) is 62.6 cm³/mol. The first-order valence-electron chi connectivity index (χ1n) is 4.90. The number of aromatic nitrogens is 2. The summed E-state index contributed by atoms with van der Waals surface area (Å²) in [7, 11) is 0. The zero-order chi connectivity index (χ0) is 13.3. The fourth-order valence-electron chi connectivity index (χ4n) is 1.27. The lowest BCUT2D eigenvalue weighted by molar-refractivity contribution is 0.406. The fraction of sp³-hybridized carbons (Fsp3) is 0.0909. The maximum atomic E-state index is 13.4. The molecule has 1 heterocycles. The summed E-state index contributed by atoms with van der Waals surface area (Å²) in [5.74, 6) is -2.58. The molecule has 18 heavy (non-hydrogen) atoms. The van der Waals surface area contributed by atoms with E-state index in [2.05, 4.69) is 9.97 Å². The van der Waals surface area contributed by atoms with Gasteiger partial charge in [-0.2, -0.15) is 9.37 Å². The van der Waals surface area contributed by atoms with E-state index in [1.54, 1.807) is 6.92 Å². The van der Waals surface area contributed by atoms with Crippen molar-refractivity contribution in [1.82, 2.24) is 9.97 Å². The van der Waals surface area contributed by atoms with Crippen molar-refractivity contribution in [1.29, 1.82) is 0 Å². The number of rotatable bonds is 2. The highest BCUT2D eigenvalue weighted by atomic mass is 35.5. The molecule has 0 bridgehead atoms. The third kappa shape index (κ3) is 2.33. The second-order valence-electron chi connectivity index (χ2n) is 3.45. The van der Waals surface area contributed by atoms with E-state index >= 15 is 0 Å². The van der Waals surface area contributed by atoms with Gasteiger partial charge in [0.1, 0.15) is 5.69 Å². The van der Waals surface area contributed by atoms with Gasteiger partial charge in [0.2, 0.25) is 17.0 Å². The monoisotopic (exact) mass is 271 g/mol. The van der Waals surface area contributed by atoms with Crippen LogP contribution in [0.25, 0.3) is 0 Å². The van der Waals surface area contributed by atoms with Crippen LogP contribution in [0.4, 0.5) is 14.5 Å². The van der Waals surface area contributed by atoms with Crippen LogP contribution in [0, 0.1) is 18.6 Å². The van der Waals surface area contributed by atoms with Gasteiger partial charge in [-0.05, 0) is 30.7 Å². The SMILES string of the molecule is Cc1nc(Cl)nc(Oc2cccc(F)c2F)c1N. The topological polar surface area (TPSA) is 61.0 Å². The van der Waals surface area contributed by atoms with Crippen LogP contribution in [0.3, 0.4) is 0 Å². The van der Waals surface area contributed by atoms with Crippen LogP contribution >= 0.6 is 11.6 Å². The molecule has 0 saturated carbocycles. The molecule has 4 nitrogen and oxygen atoms in total. The lowest BCUT2D eigenvalue weighted by atomic mass is 10.3. The van der Waals surface area contributed by atoms with E-state index in [9.17, 15) is 8.78 Å². The van der Waals surface area contributed by atoms with Crippen molar-refractivity contribution in [3.63, 3.8) is 0 Å². The van der Waals surface area contributed by atoms with Gasteiger partial charge in [-0.1, -0.05) is 6.07 Å². The minimum atomic E-state index is -1.12. The van der Waals surface area contributed by atoms with E-state index < -0.39 is 11.6 Å². The molecule has 94 valence electrons. The van der Waals surface area contributed by atoms with Gasteiger partial charge in [0, 0.05) is 0 Å². The smallest absolute Gasteiger partial charge is 0.247 e. The maximum absolute atomic E-state index is 13.4. The molecular formula is C11H8ClF2N3O. The molecule has 2 N–H and O–H groups in total. The van der Waals surface area contributed by atoms with Crippen LogP contribution in [0.1, 0.15) is 5.69 Å². The van der Waals surface area contributed by atoms with E-state index in [1.807, 2.05) is 0 Å². The number of halogens is 3. The molecule has 0 aliphatic heterocycles. The largest absolute Gasteiger partial charge is 0.434 e. The molecule has 2 rings (SSSR count). The van der Waals surface area contributed by atoms with Crippen LogP contribution in [-0.2, 0) is 0 Å². The molecule has 0 saturated heterocycles. The Bertz CT molecular complexity index is 607. The molecule has 0 fully saturated rings. The number of aryl methyl sites for hydroxylation is 1. The molecule has 0 aliphatic carbocycles. The molecule has 0 atom stereocenters. The van der Waals surface area contributed by atoms with Gasteiger partial charge in [-0.25, -0.2) is 9.37 Å². The van der Waals surface area contributed by atoms with Crippen molar-refractivity contribution in [2.75, 3.05) is 5.73 Å². The van der Waals surface area contributed by atoms with Crippen LogP contribution in [-0.4, -0.2) is 9.97 Å².